The molecule has 0 aliphatic heterocycles. The predicted octanol–water partition coefficient (Wildman–Crippen LogP) is 4.11. The molecule has 0 spiro atoms. The van der Waals surface area contributed by atoms with Crippen LogP contribution in [-0.2, 0) is 12.6 Å². The smallest absolute Gasteiger partial charge is 0.337 e. The highest BCUT2D eigenvalue weighted by Gasteiger charge is 2.31. The molecule has 0 bridgehead atoms. The number of alkyl halides is 3. The van der Waals surface area contributed by atoms with Crippen LogP contribution in [0.5, 0.6) is 0 Å². The van der Waals surface area contributed by atoms with Crippen LogP contribution < -0.4 is 0 Å². The first kappa shape index (κ1) is 23.4. The number of carbonyl (C=O) groups is 1. The summed E-state index contributed by atoms with van der Waals surface area (Å²) < 4.78 is 38.3. The summed E-state index contributed by atoms with van der Waals surface area (Å²) in [6.07, 6.45) is 0.444. The fraction of sp³-hybridized carbons (Fsp3) is 0.409. The molecule has 0 unspecified atom stereocenters. The number of rotatable bonds is 7. The first-order valence-corrected chi connectivity index (χ1v) is 10.2. The van der Waals surface area contributed by atoms with Crippen LogP contribution in [0.4, 0.5) is 13.2 Å². The zero-order chi connectivity index (χ0) is 23.5. The van der Waals surface area contributed by atoms with Crippen LogP contribution >= 0.6 is 0 Å². The van der Waals surface area contributed by atoms with Gasteiger partial charge in [-0.15, -0.1) is 4.80 Å². The Labute approximate surface area is 184 Å². The van der Waals surface area contributed by atoms with Crippen molar-refractivity contribution in [2.75, 3.05) is 7.05 Å². The molecule has 0 fully saturated rings. The van der Waals surface area contributed by atoms with Gasteiger partial charge in [-0.3, -0.25) is 9.78 Å². The third-order valence-corrected chi connectivity index (χ3v) is 5.29. The summed E-state index contributed by atoms with van der Waals surface area (Å²) in [6, 6.07) is 5.77. The number of hydrogen-bond acceptors (Lipinski definition) is 5. The largest absolute Gasteiger partial charge is 0.417 e. The zero-order valence-corrected chi connectivity index (χ0v) is 18.3. The zero-order valence-electron chi connectivity index (χ0n) is 18.3. The highest BCUT2D eigenvalue weighted by molar-refractivity contribution is 5.95. The normalized spacial score (nSPS) is 12.8. The van der Waals surface area contributed by atoms with Crippen molar-refractivity contribution < 1.29 is 18.0 Å². The molecule has 3 rings (SSSR count). The third kappa shape index (κ3) is 5.30. The number of hydrogen-bond donors (Lipinski definition) is 0. The average Bonchev–Trinajstić information content (AvgIpc) is 3.27. The lowest BCUT2D eigenvalue weighted by molar-refractivity contribution is -0.137. The number of halogens is 3. The van der Waals surface area contributed by atoms with Crippen molar-refractivity contribution in [3.63, 3.8) is 0 Å². The van der Waals surface area contributed by atoms with Gasteiger partial charge in [-0.25, -0.2) is 4.98 Å². The molecule has 10 heteroatoms. The van der Waals surface area contributed by atoms with Gasteiger partial charge in [0.25, 0.3) is 5.91 Å². The highest BCUT2D eigenvalue weighted by Crippen LogP contribution is 2.28. The first-order chi connectivity index (χ1) is 15.1. The lowest BCUT2D eigenvalue weighted by atomic mass is 9.96. The van der Waals surface area contributed by atoms with E-state index in [4.69, 9.17) is 0 Å². The van der Waals surface area contributed by atoms with Crippen LogP contribution in [0, 0.1) is 12.8 Å². The van der Waals surface area contributed by atoms with Gasteiger partial charge in [-0.2, -0.15) is 23.4 Å². The lowest BCUT2D eigenvalue weighted by Gasteiger charge is -2.31. The van der Waals surface area contributed by atoms with Crippen molar-refractivity contribution in [2.24, 2.45) is 5.92 Å². The second-order valence-electron chi connectivity index (χ2n) is 7.94. The van der Waals surface area contributed by atoms with E-state index in [-0.39, 0.29) is 23.6 Å². The second-order valence-corrected chi connectivity index (χ2v) is 7.94. The van der Waals surface area contributed by atoms with E-state index in [1.165, 1.54) is 23.3 Å². The van der Waals surface area contributed by atoms with E-state index in [2.05, 4.69) is 20.2 Å². The Hall–Kier alpha value is -3.30. The van der Waals surface area contributed by atoms with Crippen molar-refractivity contribution >= 4 is 5.91 Å². The average molecular weight is 446 g/mol. The van der Waals surface area contributed by atoms with E-state index in [9.17, 15) is 18.0 Å². The van der Waals surface area contributed by atoms with Crippen molar-refractivity contribution in [3.05, 3.63) is 65.5 Å². The summed E-state index contributed by atoms with van der Waals surface area (Å²) >= 11 is 0. The minimum absolute atomic E-state index is 0.106. The molecule has 3 heterocycles. The molecule has 0 aliphatic rings. The molecule has 3 aromatic heterocycles. The maximum absolute atomic E-state index is 13.4. The molecule has 1 amide bonds. The first-order valence-electron chi connectivity index (χ1n) is 10.2. The molecular formula is C22H25F3N6O. The molecule has 0 saturated carbocycles. The molecule has 0 radical (unpaired) electrons. The Morgan fingerprint density at radius 2 is 1.81 bits per heavy atom. The van der Waals surface area contributed by atoms with Crippen molar-refractivity contribution in [1.29, 1.82) is 0 Å². The van der Waals surface area contributed by atoms with Gasteiger partial charge in [-0.1, -0.05) is 13.8 Å². The van der Waals surface area contributed by atoms with Crippen LogP contribution in [0.1, 0.15) is 47.7 Å². The van der Waals surface area contributed by atoms with E-state index < -0.39 is 11.7 Å². The maximum Gasteiger partial charge on any atom is 0.417 e. The van der Waals surface area contributed by atoms with E-state index in [0.717, 1.165) is 12.3 Å². The quantitative estimate of drug-likeness (QED) is 0.546. The Bertz CT molecular complexity index is 1050. The molecule has 7 nitrogen and oxygen atoms in total. The van der Waals surface area contributed by atoms with E-state index in [0.29, 0.717) is 29.9 Å². The molecule has 0 aromatic carbocycles. The number of nitrogens with zero attached hydrogens (tertiary/aromatic N) is 6. The van der Waals surface area contributed by atoms with E-state index >= 15 is 0 Å². The van der Waals surface area contributed by atoms with E-state index in [1.54, 1.807) is 31.0 Å². The summed E-state index contributed by atoms with van der Waals surface area (Å²) in [5, 5.41) is 8.21. The molecule has 1 atom stereocenters. The maximum atomic E-state index is 13.4. The van der Waals surface area contributed by atoms with Crippen LogP contribution in [0.3, 0.4) is 0 Å². The lowest BCUT2D eigenvalue weighted by Crippen LogP contribution is -2.41. The summed E-state index contributed by atoms with van der Waals surface area (Å²) in [5.41, 5.74) is 1.16. The number of aryl methyl sites for hydroxylation is 2. The van der Waals surface area contributed by atoms with Gasteiger partial charge in [0, 0.05) is 30.7 Å². The van der Waals surface area contributed by atoms with Crippen LogP contribution in [0.25, 0.3) is 5.69 Å². The van der Waals surface area contributed by atoms with Gasteiger partial charge in [-0.05, 0) is 49.9 Å². The summed E-state index contributed by atoms with van der Waals surface area (Å²) in [5.74, 6) is -0.172. The van der Waals surface area contributed by atoms with Gasteiger partial charge >= 0.3 is 6.18 Å². The topological polar surface area (TPSA) is 76.8 Å². The Morgan fingerprint density at radius 1 is 1.12 bits per heavy atom. The van der Waals surface area contributed by atoms with Gasteiger partial charge < -0.3 is 4.90 Å². The predicted molar refractivity (Wildman–Crippen MR) is 112 cm³/mol. The van der Waals surface area contributed by atoms with Gasteiger partial charge in [0.1, 0.15) is 5.69 Å². The van der Waals surface area contributed by atoms with Crippen molar-refractivity contribution in [2.45, 2.75) is 45.8 Å². The molecule has 0 aliphatic carbocycles. The van der Waals surface area contributed by atoms with Crippen molar-refractivity contribution in [3.8, 4) is 5.69 Å². The van der Waals surface area contributed by atoms with Crippen LogP contribution in [0.15, 0.2) is 42.9 Å². The monoisotopic (exact) mass is 446 g/mol. The molecular weight excluding hydrogens is 421 g/mol. The van der Waals surface area contributed by atoms with Crippen LogP contribution in [-0.4, -0.2) is 48.9 Å². The van der Waals surface area contributed by atoms with Gasteiger partial charge in [0.15, 0.2) is 5.69 Å². The highest BCUT2D eigenvalue weighted by atomic mass is 19.4. The number of amides is 1. The SMILES string of the molecule is Cc1ccc(-n2nccn2)c(C(=O)N(C)[C@H](CCc2ccc(C(F)(F)F)cn2)C(C)C)n1. The minimum Gasteiger partial charge on any atom is -0.337 e. The number of aromatic nitrogens is 5. The second kappa shape index (κ2) is 9.46. The number of carbonyl (C=O) groups excluding carboxylic acids is 1. The fourth-order valence-corrected chi connectivity index (χ4v) is 3.54. The molecule has 3 aromatic rings. The third-order valence-electron chi connectivity index (χ3n) is 5.29. The fourth-order valence-electron chi connectivity index (χ4n) is 3.54. The Kier molecular flexibility index (Phi) is 6.90. The summed E-state index contributed by atoms with van der Waals surface area (Å²) in [7, 11) is 1.71. The Balaban J connectivity index is 1.79. The standard InChI is InChI=1S/C22H25F3N6O/c1-14(2)18(10-8-17-7-6-16(13-26-17)22(23,24)25)30(4)21(32)20-19(9-5-15(3)29-20)31-27-11-12-28-31/h5-7,9,11-14,18H,8,10H2,1-4H3/t18-/m1/s1. The Morgan fingerprint density at radius 3 is 2.38 bits per heavy atom. The summed E-state index contributed by atoms with van der Waals surface area (Å²) in [6.45, 7) is 5.79. The molecule has 170 valence electrons. The molecule has 0 saturated heterocycles. The summed E-state index contributed by atoms with van der Waals surface area (Å²) in [4.78, 5) is 24.7. The molecule has 0 N–H and O–H groups in total. The molecule has 32 heavy (non-hydrogen) atoms. The number of pyridine rings is 2. The van der Waals surface area contributed by atoms with Gasteiger partial charge in [0.2, 0.25) is 0 Å². The van der Waals surface area contributed by atoms with E-state index in [1.807, 2.05) is 13.8 Å². The van der Waals surface area contributed by atoms with Gasteiger partial charge in [0.05, 0.1) is 18.0 Å². The van der Waals surface area contributed by atoms with Crippen molar-refractivity contribution in [1.82, 2.24) is 29.9 Å². The van der Waals surface area contributed by atoms with Crippen LogP contribution in [0.2, 0.25) is 0 Å². The minimum atomic E-state index is -4.42.